The predicted molar refractivity (Wildman–Crippen MR) is 80.7 cm³/mol. The van der Waals surface area contributed by atoms with Crippen molar-refractivity contribution in [2.75, 3.05) is 7.11 Å². The van der Waals surface area contributed by atoms with Crippen LogP contribution < -0.4 is 10.5 Å². The summed E-state index contributed by atoms with van der Waals surface area (Å²) in [5.41, 5.74) is 7.23. The first-order chi connectivity index (χ1) is 8.60. The first-order valence-electron chi connectivity index (χ1n) is 5.43. The average molecular weight is 347 g/mol. The van der Waals surface area contributed by atoms with Crippen molar-refractivity contribution in [3.63, 3.8) is 0 Å². The highest BCUT2D eigenvalue weighted by molar-refractivity contribution is 9.11. The van der Waals surface area contributed by atoms with E-state index in [-0.39, 0.29) is 6.04 Å². The van der Waals surface area contributed by atoms with E-state index < -0.39 is 0 Å². The number of thiophene rings is 1. The van der Waals surface area contributed by atoms with Crippen molar-refractivity contribution in [1.82, 2.24) is 0 Å². The van der Waals surface area contributed by atoms with Crippen LogP contribution in [0.4, 0.5) is 0 Å². The Hall–Kier alpha value is -0.550. The number of nitrogens with two attached hydrogens (primary N) is 1. The predicted octanol–water partition coefficient (Wildman–Crippen LogP) is 4.42. The number of halogens is 2. The minimum absolute atomic E-state index is 0.0475. The van der Waals surface area contributed by atoms with Gasteiger partial charge in [-0.1, -0.05) is 11.6 Å². The summed E-state index contributed by atoms with van der Waals surface area (Å²) < 4.78 is 6.41. The maximum absolute atomic E-state index is 6.20. The van der Waals surface area contributed by atoms with Gasteiger partial charge >= 0.3 is 0 Å². The second kappa shape index (κ2) is 6.06. The fourth-order valence-corrected chi connectivity index (χ4v) is 3.39. The molecular weight excluding hydrogens is 334 g/mol. The van der Waals surface area contributed by atoms with Crippen molar-refractivity contribution >= 4 is 38.9 Å². The van der Waals surface area contributed by atoms with E-state index in [2.05, 4.69) is 15.9 Å². The number of hydrogen-bond acceptors (Lipinski definition) is 3. The minimum atomic E-state index is -0.0475. The standard InChI is InChI=1S/C13H13BrClNOS/c1-17-11-3-2-9(15)6-8(11)7-10(16)12-4-5-13(14)18-12/h2-6,10H,7,16H2,1H3. The molecular formula is C13H13BrClNOS. The smallest absolute Gasteiger partial charge is 0.122 e. The highest BCUT2D eigenvalue weighted by atomic mass is 79.9. The Bertz CT molecular complexity index is 544. The van der Waals surface area contributed by atoms with Gasteiger partial charge in [-0.2, -0.15) is 0 Å². The number of methoxy groups -OCH3 is 1. The molecule has 2 N–H and O–H groups in total. The molecule has 1 aromatic heterocycles. The first kappa shape index (κ1) is 13.9. The summed E-state index contributed by atoms with van der Waals surface area (Å²) in [6, 6.07) is 9.59. The van der Waals surface area contributed by atoms with E-state index in [1.807, 2.05) is 30.3 Å². The monoisotopic (exact) mass is 345 g/mol. The maximum Gasteiger partial charge on any atom is 0.122 e. The summed E-state index contributed by atoms with van der Waals surface area (Å²) in [6.45, 7) is 0. The zero-order chi connectivity index (χ0) is 13.1. The lowest BCUT2D eigenvalue weighted by molar-refractivity contribution is 0.408. The van der Waals surface area contributed by atoms with Crippen LogP contribution in [-0.4, -0.2) is 7.11 Å². The lowest BCUT2D eigenvalue weighted by Crippen LogP contribution is -2.12. The van der Waals surface area contributed by atoms with Gasteiger partial charge < -0.3 is 10.5 Å². The van der Waals surface area contributed by atoms with Gasteiger partial charge in [-0.15, -0.1) is 11.3 Å². The van der Waals surface area contributed by atoms with Crippen LogP contribution in [0.3, 0.4) is 0 Å². The molecule has 0 bridgehead atoms. The van der Waals surface area contributed by atoms with Crippen LogP contribution in [0, 0.1) is 0 Å². The summed E-state index contributed by atoms with van der Waals surface area (Å²) in [5, 5.41) is 0.699. The molecule has 2 nitrogen and oxygen atoms in total. The Balaban J connectivity index is 2.20. The highest BCUT2D eigenvalue weighted by Crippen LogP contribution is 2.31. The molecule has 0 amide bonds. The Kier molecular flexibility index (Phi) is 4.67. The molecule has 0 aliphatic carbocycles. The second-order valence-electron chi connectivity index (χ2n) is 3.91. The third-order valence-corrected chi connectivity index (χ3v) is 4.63. The van der Waals surface area contributed by atoms with Gasteiger partial charge in [0.2, 0.25) is 0 Å². The van der Waals surface area contributed by atoms with Gasteiger partial charge in [0.25, 0.3) is 0 Å². The normalized spacial score (nSPS) is 12.4. The van der Waals surface area contributed by atoms with E-state index in [0.29, 0.717) is 11.4 Å². The van der Waals surface area contributed by atoms with Gasteiger partial charge in [0, 0.05) is 15.9 Å². The maximum atomic E-state index is 6.20. The lowest BCUT2D eigenvalue weighted by Gasteiger charge is -2.13. The van der Waals surface area contributed by atoms with Crippen LogP contribution in [0.1, 0.15) is 16.5 Å². The number of benzene rings is 1. The van der Waals surface area contributed by atoms with Crippen LogP contribution in [-0.2, 0) is 6.42 Å². The molecule has 18 heavy (non-hydrogen) atoms. The van der Waals surface area contributed by atoms with Crippen LogP contribution in [0.15, 0.2) is 34.1 Å². The van der Waals surface area contributed by atoms with Gasteiger partial charge in [0.15, 0.2) is 0 Å². The Labute approximate surface area is 124 Å². The van der Waals surface area contributed by atoms with Crippen molar-refractivity contribution in [2.24, 2.45) is 5.73 Å². The summed E-state index contributed by atoms with van der Waals surface area (Å²) in [5.74, 6) is 0.825. The van der Waals surface area contributed by atoms with E-state index in [1.165, 1.54) is 0 Å². The fourth-order valence-electron chi connectivity index (χ4n) is 1.77. The lowest BCUT2D eigenvalue weighted by atomic mass is 10.0. The van der Waals surface area contributed by atoms with Gasteiger partial charge in [0.1, 0.15) is 5.75 Å². The first-order valence-corrected chi connectivity index (χ1v) is 7.42. The van der Waals surface area contributed by atoms with E-state index in [4.69, 9.17) is 22.1 Å². The molecule has 0 aliphatic rings. The minimum Gasteiger partial charge on any atom is -0.496 e. The van der Waals surface area contributed by atoms with Crippen LogP contribution in [0.25, 0.3) is 0 Å². The summed E-state index contributed by atoms with van der Waals surface area (Å²) in [4.78, 5) is 1.14. The molecule has 1 unspecified atom stereocenters. The molecule has 0 fully saturated rings. The van der Waals surface area contributed by atoms with E-state index in [1.54, 1.807) is 18.4 Å². The van der Waals surface area contributed by atoms with Crippen LogP contribution in [0.5, 0.6) is 5.75 Å². The molecule has 0 saturated carbocycles. The SMILES string of the molecule is COc1ccc(Cl)cc1CC(N)c1ccc(Br)s1. The van der Waals surface area contributed by atoms with Gasteiger partial charge in [0.05, 0.1) is 10.9 Å². The third kappa shape index (κ3) is 3.26. The Morgan fingerprint density at radius 2 is 2.17 bits per heavy atom. The van der Waals surface area contributed by atoms with Gasteiger partial charge in [-0.05, 0) is 58.2 Å². The topological polar surface area (TPSA) is 35.2 Å². The molecule has 2 aromatic rings. The summed E-state index contributed by atoms with van der Waals surface area (Å²) in [6.07, 6.45) is 0.705. The second-order valence-corrected chi connectivity index (χ2v) is 6.84. The van der Waals surface area contributed by atoms with Crippen LogP contribution >= 0.6 is 38.9 Å². The number of hydrogen-bond donors (Lipinski definition) is 1. The van der Waals surface area contributed by atoms with Gasteiger partial charge in [-0.3, -0.25) is 0 Å². The molecule has 96 valence electrons. The molecule has 0 aliphatic heterocycles. The third-order valence-electron chi connectivity index (χ3n) is 2.64. The largest absolute Gasteiger partial charge is 0.496 e. The van der Waals surface area contributed by atoms with Crippen molar-refractivity contribution in [3.05, 3.63) is 49.6 Å². The quantitative estimate of drug-likeness (QED) is 0.889. The number of rotatable bonds is 4. The summed E-state index contributed by atoms with van der Waals surface area (Å²) >= 11 is 11.1. The van der Waals surface area contributed by atoms with Gasteiger partial charge in [-0.25, -0.2) is 0 Å². The molecule has 1 heterocycles. The van der Waals surface area contributed by atoms with Crippen molar-refractivity contribution in [3.8, 4) is 5.75 Å². The van der Waals surface area contributed by atoms with Crippen molar-refractivity contribution < 1.29 is 4.74 Å². The number of ether oxygens (including phenoxy) is 1. The molecule has 1 aromatic carbocycles. The Morgan fingerprint density at radius 3 is 2.78 bits per heavy atom. The summed E-state index contributed by atoms with van der Waals surface area (Å²) in [7, 11) is 1.65. The molecule has 0 saturated heterocycles. The van der Waals surface area contributed by atoms with E-state index >= 15 is 0 Å². The molecule has 2 rings (SSSR count). The molecule has 1 atom stereocenters. The zero-order valence-electron chi connectivity index (χ0n) is 9.82. The molecule has 0 spiro atoms. The average Bonchev–Trinajstić information content (AvgIpc) is 2.76. The Morgan fingerprint density at radius 1 is 1.39 bits per heavy atom. The van der Waals surface area contributed by atoms with E-state index in [9.17, 15) is 0 Å². The zero-order valence-corrected chi connectivity index (χ0v) is 13.0. The van der Waals surface area contributed by atoms with Crippen molar-refractivity contribution in [1.29, 1.82) is 0 Å². The highest BCUT2D eigenvalue weighted by Gasteiger charge is 2.13. The molecule has 5 heteroatoms. The van der Waals surface area contributed by atoms with E-state index in [0.717, 1.165) is 20.0 Å². The van der Waals surface area contributed by atoms with Crippen molar-refractivity contribution in [2.45, 2.75) is 12.5 Å². The molecule has 0 radical (unpaired) electrons. The fraction of sp³-hybridized carbons (Fsp3) is 0.231. The van der Waals surface area contributed by atoms with Crippen LogP contribution in [0.2, 0.25) is 5.02 Å².